The van der Waals surface area contributed by atoms with Gasteiger partial charge in [0.25, 0.3) is 5.56 Å². The minimum Gasteiger partial charge on any atom is -0.492 e. The Kier molecular flexibility index (Phi) is 6.93. The van der Waals surface area contributed by atoms with Crippen molar-refractivity contribution < 1.29 is 9.53 Å². The second kappa shape index (κ2) is 9.60. The second-order valence-corrected chi connectivity index (χ2v) is 7.56. The van der Waals surface area contributed by atoms with Crippen LogP contribution < -0.4 is 15.6 Å². The Labute approximate surface area is 174 Å². The molecule has 1 heterocycles. The molecule has 0 saturated heterocycles. The normalized spacial score (nSPS) is 12.0. The van der Waals surface area contributed by atoms with Gasteiger partial charge in [-0.3, -0.25) is 14.2 Å². The quantitative estimate of drug-likeness (QED) is 0.451. The van der Waals surface area contributed by atoms with Crippen molar-refractivity contribution in [3.63, 3.8) is 0 Å². The van der Waals surface area contributed by atoms with Crippen LogP contribution in [0.3, 0.4) is 0 Å². The average molecular weight is 412 g/mol. The van der Waals surface area contributed by atoms with Crippen molar-refractivity contribution >= 4 is 28.6 Å². The molecule has 29 heavy (non-hydrogen) atoms. The zero-order chi connectivity index (χ0) is 20.8. The first-order chi connectivity index (χ1) is 14.0. The van der Waals surface area contributed by atoms with Crippen molar-refractivity contribution in [2.45, 2.75) is 38.4 Å². The lowest BCUT2D eigenvalue weighted by atomic mass is 10.2. The van der Waals surface area contributed by atoms with Crippen LogP contribution in [0, 0.1) is 0 Å². The van der Waals surface area contributed by atoms with Crippen molar-refractivity contribution in [1.29, 1.82) is 0 Å². The third-order valence-electron chi connectivity index (χ3n) is 4.50. The molecule has 1 amide bonds. The van der Waals surface area contributed by atoms with Crippen LogP contribution in [0.15, 0.2) is 58.5 Å². The first-order valence-corrected chi connectivity index (χ1v) is 10.7. The number of amides is 1. The number of nitrogens with zero attached hydrogens (tertiary/aromatic N) is 2. The van der Waals surface area contributed by atoms with E-state index in [0.29, 0.717) is 34.1 Å². The highest BCUT2D eigenvalue weighted by Gasteiger charge is 2.17. The number of rotatable bonds is 8. The molecule has 1 N–H and O–H groups in total. The molecule has 3 rings (SSSR count). The molecule has 7 heteroatoms. The van der Waals surface area contributed by atoms with E-state index >= 15 is 0 Å². The van der Waals surface area contributed by atoms with Gasteiger partial charge in [0.1, 0.15) is 5.75 Å². The smallest absolute Gasteiger partial charge is 0.266 e. The summed E-state index contributed by atoms with van der Waals surface area (Å²) >= 11 is 1.24. The lowest BCUT2D eigenvalue weighted by Crippen LogP contribution is -2.33. The molecular formula is C22H25N3O3S. The SMILES string of the molecule is CCOc1ccccc1-n1c(SCC(=O)N[C@@H](C)CC)nc2ccccc2c1=O. The summed E-state index contributed by atoms with van der Waals surface area (Å²) in [6, 6.07) is 14.7. The molecule has 2 aromatic carbocycles. The summed E-state index contributed by atoms with van der Waals surface area (Å²) in [5.74, 6) is 0.683. The zero-order valence-electron chi connectivity index (χ0n) is 16.8. The number of aromatic nitrogens is 2. The number of fused-ring (bicyclic) bond motifs is 1. The van der Waals surface area contributed by atoms with E-state index in [9.17, 15) is 9.59 Å². The van der Waals surface area contributed by atoms with E-state index in [-0.39, 0.29) is 23.3 Å². The van der Waals surface area contributed by atoms with Gasteiger partial charge in [-0.05, 0) is 44.5 Å². The van der Waals surface area contributed by atoms with Gasteiger partial charge >= 0.3 is 0 Å². The Morgan fingerprint density at radius 3 is 2.66 bits per heavy atom. The minimum atomic E-state index is -0.187. The Balaban J connectivity index is 2.08. The first kappa shape index (κ1) is 20.9. The van der Waals surface area contributed by atoms with Crippen LogP contribution in [-0.2, 0) is 4.79 Å². The Bertz CT molecular complexity index is 1060. The molecule has 152 valence electrons. The van der Waals surface area contributed by atoms with Gasteiger partial charge in [0.15, 0.2) is 5.16 Å². The molecule has 0 spiro atoms. The van der Waals surface area contributed by atoms with E-state index in [1.165, 1.54) is 16.3 Å². The van der Waals surface area contributed by atoms with Gasteiger partial charge in [0, 0.05) is 6.04 Å². The van der Waals surface area contributed by atoms with Gasteiger partial charge in [0.2, 0.25) is 5.91 Å². The van der Waals surface area contributed by atoms with Crippen molar-refractivity contribution in [3.8, 4) is 11.4 Å². The standard InChI is InChI=1S/C22H25N3O3S/c1-4-15(3)23-20(26)14-29-22-24-17-11-7-6-10-16(17)21(27)25(22)18-12-8-9-13-19(18)28-5-2/h6-13,15H,4-5,14H2,1-3H3,(H,23,26)/t15-/m0/s1. The van der Waals surface area contributed by atoms with Gasteiger partial charge in [-0.1, -0.05) is 43.0 Å². The molecular weight excluding hydrogens is 386 g/mol. The fourth-order valence-corrected chi connectivity index (χ4v) is 3.71. The van der Waals surface area contributed by atoms with Gasteiger partial charge in [-0.25, -0.2) is 4.98 Å². The predicted molar refractivity (Wildman–Crippen MR) is 117 cm³/mol. The molecule has 0 radical (unpaired) electrons. The van der Waals surface area contributed by atoms with E-state index in [1.807, 2.05) is 57.2 Å². The molecule has 0 aliphatic rings. The van der Waals surface area contributed by atoms with E-state index in [4.69, 9.17) is 4.74 Å². The Hall–Kier alpha value is -2.80. The maximum absolute atomic E-state index is 13.3. The number of carbonyl (C=O) groups is 1. The molecule has 1 aromatic heterocycles. The van der Waals surface area contributed by atoms with Crippen molar-refractivity contribution in [1.82, 2.24) is 14.9 Å². The largest absolute Gasteiger partial charge is 0.492 e. The summed E-state index contributed by atoms with van der Waals surface area (Å²) in [6.07, 6.45) is 0.858. The first-order valence-electron chi connectivity index (χ1n) is 9.71. The summed E-state index contributed by atoms with van der Waals surface area (Å²) < 4.78 is 7.27. The number of hydrogen-bond donors (Lipinski definition) is 1. The van der Waals surface area contributed by atoms with Crippen LogP contribution >= 0.6 is 11.8 Å². The number of hydrogen-bond acceptors (Lipinski definition) is 5. The van der Waals surface area contributed by atoms with Crippen molar-refractivity contribution in [3.05, 3.63) is 58.9 Å². The summed E-state index contributed by atoms with van der Waals surface area (Å²) in [6.45, 7) is 6.36. The number of para-hydroxylation sites is 3. The monoisotopic (exact) mass is 411 g/mol. The van der Waals surface area contributed by atoms with Crippen LogP contribution in [0.25, 0.3) is 16.6 Å². The van der Waals surface area contributed by atoms with Crippen LogP contribution in [0.2, 0.25) is 0 Å². The molecule has 1 atom stereocenters. The van der Waals surface area contributed by atoms with Gasteiger partial charge in [0.05, 0.1) is 29.0 Å². The van der Waals surface area contributed by atoms with Crippen LogP contribution in [0.5, 0.6) is 5.75 Å². The minimum absolute atomic E-state index is 0.0867. The van der Waals surface area contributed by atoms with Gasteiger partial charge < -0.3 is 10.1 Å². The van der Waals surface area contributed by atoms with Gasteiger partial charge in [-0.2, -0.15) is 0 Å². The molecule has 0 aliphatic carbocycles. The molecule has 0 aliphatic heterocycles. The number of thioether (sulfide) groups is 1. The Morgan fingerprint density at radius 2 is 1.90 bits per heavy atom. The lowest BCUT2D eigenvalue weighted by molar-refractivity contribution is -0.119. The molecule has 6 nitrogen and oxygen atoms in total. The third kappa shape index (κ3) is 4.79. The van der Waals surface area contributed by atoms with E-state index in [0.717, 1.165) is 6.42 Å². The maximum Gasteiger partial charge on any atom is 0.266 e. The molecule has 0 bridgehead atoms. The topological polar surface area (TPSA) is 73.2 Å². The highest BCUT2D eigenvalue weighted by Crippen LogP contribution is 2.27. The fraction of sp³-hybridized carbons (Fsp3) is 0.318. The highest BCUT2D eigenvalue weighted by molar-refractivity contribution is 7.99. The second-order valence-electron chi connectivity index (χ2n) is 6.62. The summed E-state index contributed by atoms with van der Waals surface area (Å²) in [4.78, 5) is 30.3. The number of ether oxygens (including phenoxy) is 1. The van der Waals surface area contributed by atoms with Crippen LogP contribution in [0.1, 0.15) is 27.2 Å². The summed E-state index contributed by atoms with van der Waals surface area (Å²) in [5.41, 5.74) is 1.03. The molecule has 3 aromatic rings. The number of carbonyl (C=O) groups excluding carboxylic acids is 1. The highest BCUT2D eigenvalue weighted by atomic mass is 32.2. The Morgan fingerprint density at radius 1 is 1.17 bits per heavy atom. The van der Waals surface area contributed by atoms with Crippen LogP contribution in [-0.4, -0.2) is 33.9 Å². The van der Waals surface area contributed by atoms with Crippen molar-refractivity contribution in [2.75, 3.05) is 12.4 Å². The molecule has 0 fully saturated rings. The molecule has 0 saturated carbocycles. The average Bonchev–Trinajstić information content (AvgIpc) is 2.73. The van der Waals surface area contributed by atoms with Crippen LogP contribution in [0.4, 0.5) is 0 Å². The number of nitrogens with one attached hydrogen (secondary N) is 1. The number of benzene rings is 2. The third-order valence-corrected chi connectivity index (χ3v) is 5.44. The van der Waals surface area contributed by atoms with E-state index in [1.54, 1.807) is 12.1 Å². The van der Waals surface area contributed by atoms with E-state index < -0.39 is 0 Å². The summed E-state index contributed by atoms with van der Waals surface area (Å²) in [7, 11) is 0. The van der Waals surface area contributed by atoms with Crippen molar-refractivity contribution in [2.24, 2.45) is 0 Å². The van der Waals surface area contributed by atoms with Gasteiger partial charge in [-0.15, -0.1) is 0 Å². The molecule has 0 unspecified atom stereocenters. The lowest BCUT2D eigenvalue weighted by Gasteiger charge is -2.17. The predicted octanol–water partition coefficient (Wildman–Crippen LogP) is 3.79. The maximum atomic E-state index is 13.3. The summed E-state index contributed by atoms with van der Waals surface area (Å²) in [5, 5.41) is 3.92. The fourth-order valence-electron chi connectivity index (χ4n) is 2.89. The van der Waals surface area contributed by atoms with E-state index in [2.05, 4.69) is 10.3 Å². The zero-order valence-corrected chi connectivity index (χ0v) is 17.7.